The number of carbonyl (C=O) groups excluding carboxylic acids is 1. The molecule has 0 aliphatic carbocycles. The normalized spacial score (nSPS) is 11.9. The van der Waals surface area contributed by atoms with E-state index in [0.29, 0.717) is 33.0 Å². The van der Waals surface area contributed by atoms with E-state index < -0.39 is 17.4 Å². The number of benzene rings is 3. The van der Waals surface area contributed by atoms with Gasteiger partial charge < -0.3 is 9.47 Å². The fourth-order valence-electron chi connectivity index (χ4n) is 3.89. The molecule has 5 rings (SSSR count). The van der Waals surface area contributed by atoms with Crippen molar-refractivity contribution in [2.24, 2.45) is 0 Å². The van der Waals surface area contributed by atoms with Gasteiger partial charge in [0.05, 0.1) is 28.2 Å². The summed E-state index contributed by atoms with van der Waals surface area (Å²) in [4.78, 5) is 18.1. The lowest BCUT2D eigenvalue weighted by molar-refractivity contribution is 0.142. The molecule has 2 heterocycles. The van der Waals surface area contributed by atoms with Crippen LogP contribution in [0.4, 0.5) is 15.5 Å². The van der Waals surface area contributed by atoms with Gasteiger partial charge in [0, 0.05) is 5.56 Å². The highest BCUT2D eigenvalue weighted by atomic mass is 35.5. The van der Waals surface area contributed by atoms with Gasteiger partial charge in [0.1, 0.15) is 23.0 Å². The van der Waals surface area contributed by atoms with Gasteiger partial charge in [0.25, 0.3) is 11.3 Å². The number of anilines is 2. The lowest BCUT2D eigenvalue weighted by Gasteiger charge is -2.21. The SMILES string of the molecule is COc1ccc(-c2nc3cc(Cl)c(Cl)cc3n2C(=O)OCc2ccccc2)cc1N(c1cccs1)S(=O)O. The van der Waals surface area contributed by atoms with Crippen LogP contribution in [0.25, 0.3) is 22.4 Å². The molecule has 5 aromatic rings. The standard InChI is InChI=1S/C26H19Cl2N3O5S2/c1-35-23-10-9-17(12-22(23)31(38(33)34)24-8-5-11-37-24)25-29-20-13-18(27)19(28)14-21(20)30(25)26(32)36-15-16-6-3-2-4-7-16/h2-14H,15H2,1H3,(H,33,34). The summed E-state index contributed by atoms with van der Waals surface area (Å²) in [7, 11) is 1.46. The molecule has 0 radical (unpaired) electrons. The van der Waals surface area contributed by atoms with Crippen LogP contribution in [0, 0.1) is 0 Å². The largest absolute Gasteiger partial charge is 0.495 e. The van der Waals surface area contributed by atoms with Crippen LogP contribution >= 0.6 is 34.5 Å². The van der Waals surface area contributed by atoms with E-state index in [9.17, 15) is 13.6 Å². The second-order valence-corrected chi connectivity index (χ2v) is 10.5. The van der Waals surface area contributed by atoms with E-state index >= 15 is 0 Å². The molecule has 1 N–H and O–H groups in total. The van der Waals surface area contributed by atoms with E-state index in [1.807, 2.05) is 30.3 Å². The predicted molar refractivity (Wildman–Crippen MR) is 151 cm³/mol. The minimum atomic E-state index is -2.41. The van der Waals surface area contributed by atoms with Crippen LogP contribution in [0.2, 0.25) is 10.0 Å². The van der Waals surface area contributed by atoms with Crippen LogP contribution in [0.5, 0.6) is 5.75 Å². The number of thiophene rings is 1. The highest BCUT2D eigenvalue weighted by molar-refractivity contribution is 7.81. The Morgan fingerprint density at radius 1 is 1.08 bits per heavy atom. The Kier molecular flexibility index (Phi) is 7.68. The quantitative estimate of drug-likeness (QED) is 0.198. The maximum atomic E-state index is 13.4. The lowest BCUT2D eigenvalue weighted by Crippen LogP contribution is -2.19. The molecular formula is C26H19Cl2N3O5S2. The van der Waals surface area contributed by atoms with E-state index in [1.54, 1.807) is 47.8 Å². The summed E-state index contributed by atoms with van der Waals surface area (Å²) in [6.07, 6.45) is -0.678. The fraction of sp³-hybridized carbons (Fsp3) is 0.0769. The Hall–Kier alpha value is -3.41. The maximum Gasteiger partial charge on any atom is 0.420 e. The van der Waals surface area contributed by atoms with Gasteiger partial charge in [-0.25, -0.2) is 22.9 Å². The molecule has 12 heteroatoms. The molecule has 1 unspecified atom stereocenters. The van der Waals surface area contributed by atoms with Crippen molar-refractivity contribution < 1.29 is 23.0 Å². The van der Waals surface area contributed by atoms with Crippen LogP contribution in [-0.2, 0) is 22.6 Å². The molecule has 3 aromatic carbocycles. The van der Waals surface area contributed by atoms with Crippen LogP contribution in [0.3, 0.4) is 0 Å². The molecule has 2 aromatic heterocycles. The zero-order chi connectivity index (χ0) is 26.8. The molecule has 38 heavy (non-hydrogen) atoms. The Bertz CT molecular complexity index is 1640. The van der Waals surface area contributed by atoms with Crippen molar-refractivity contribution in [3.8, 4) is 17.1 Å². The molecule has 0 fully saturated rings. The summed E-state index contributed by atoms with van der Waals surface area (Å²) in [6, 6.07) is 20.8. The van der Waals surface area contributed by atoms with Crippen LogP contribution in [0.15, 0.2) is 78.2 Å². The summed E-state index contributed by atoms with van der Waals surface area (Å²) in [5.41, 5.74) is 2.40. The highest BCUT2D eigenvalue weighted by Gasteiger charge is 2.25. The second-order valence-electron chi connectivity index (χ2n) is 7.93. The Morgan fingerprint density at radius 2 is 1.84 bits per heavy atom. The number of hydrogen-bond acceptors (Lipinski definition) is 6. The summed E-state index contributed by atoms with van der Waals surface area (Å²) >= 11 is 11.4. The van der Waals surface area contributed by atoms with E-state index in [0.717, 1.165) is 5.56 Å². The zero-order valence-electron chi connectivity index (χ0n) is 19.7. The minimum absolute atomic E-state index is 0.0453. The number of aromatic nitrogens is 2. The number of halogens is 2. The molecule has 0 bridgehead atoms. The van der Waals surface area contributed by atoms with Crippen molar-refractivity contribution >= 4 is 73.6 Å². The van der Waals surface area contributed by atoms with E-state index in [4.69, 9.17) is 32.7 Å². The van der Waals surface area contributed by atoms with Gasteiger partial charge in [-0.1, -0.05) is 53.5 Å². The highest BCUT2D eigenvalue weighted by Crippen LogP contribution is 2.40. The molecule has 0 spiro atoms. The van der Waals surface area contributed by atoms with Crippen molar-refractivity contribution in [1.82, 2.24) is 9.55 Å². The van der Waals surface area contributed by atoms with Gasteiger partial charge >= 0.3 is 6.09 Å². The molecule has 0 aliphatic heterocycles. The number of fused-ring (bicyclic) bond motifs is 1. The Morgan fingerprint density at radius 3 is 2.53 bits per heavy atom. The first kappa shape index (κ1) is 26.2. The smallest absolute Gasteiger partial charge is 0.420 e. The zero-order valence-corrected chi connectivity index (χ0v) is 22.9. The monoisotopic (exact) mass is 587 g/mol. The third-order valence-electron chi connectivity index (χ3n) is 5.60. The first-order chi connectivity index (χ1) is 18.4. The topological polar surface area (TPSA) is 93.9 Å². The van der Waals surface area contributed by atoms with Gasteiger partial charge in [0.2, 0.25) is 0 Å². The van der Waals surface area contributed by atoms with Crippen molar-refractivity contribution in [2.45, 2.75) is 6.61 Å². The number of rotatable bonds is 7. The average Bonchev–Trinajstić information content (AvgIpc) is 3.56. The van der Waals surface area contributed by atoms with Crippen LogP contribution in [0.1, 0.15) is 5.56 Å². The number of carbonyl (C=O) groups is 1. The summed E-state index contributed by atoms with van der Waals surface area (Å²) in [6.45, 7) is 0.0453. The third-order valence-corrected chi connectivity index (χ3v) is 8.00. The van der Waals surface area contributed by atoms with E-state index in [1.165, 1.54) is 27.3 Å². The van der Waals surface area contributed by atoms with Gasteiger partial charge in [-0.05, 0) is 53.4 Å². The molecule has 0 aliphatic rings. The van der Waals surface area contributed by atoms with E-state index in [2.05, 4.69) is 4.98 Å². The summed E-state index contributed by atoms with van der Waals surface area (Å²) in [5.74, 6) is 0.583. The summed E-state index contributed by atoms with van der Waals surface area (Å²) < 4.78 is 36.2. The number of imidazole rings is 1. The average molecular weight is 588 g/mol. The van der Waals surface area contributed by atoms with Crippen molar-refractivity contribution in [1.29, 1.82) is 0 Å². The molecule has 0 saturated heterocycles. The predicted octanol–water partition coefficient (Wildman–Crippen LogP) is 7.54. The molecule has 0 saturated carbocycles. The summed E-state index contributed by atoms with van der Waals surface area (Å²) in [5, 5.41) is 2.84. The molecule has 194 valence electrons. The van der Waals surface area contributed by atoms with Gasteiger partial charge in [-0.15, -0.1) is 11.3 Å². The molecule has 1 atom stereocenters. The Labute approximate surface area is 234 Å². The van der Waals surface area contributed by atoms with Gasteiger partial charge in [-0.3, -0.25) is 4.55 Å². The number of hydrogen-bond donors (Lipinski definition) is 1. The fourth-order valence-corrected chi connectivity index (χ4v) is 5.70. The van der Waals surface area contributed by atoms with E-state index in [-0.39, 0.29) is 22.5 Å². The maximum absolute atomic E-state index is 13.4. The number of nitrogens with zero attached hydrogens (tertiary/aromatic N) is 3. The molecule has 8 nitrogen and oxygen atoms in total. The van der Waals surface area contributed by atoms with Crippen molar-refractivity contribution in [3.05, 3.63) is 93.8 Å². The van der Waals surface area contributed by atoms with Crippen molar-refractivity contribution in [2.75, 3.05) is 11.4 Å². The van der Waals surface area contributed by atoms with Crippen molar-refractivity contribution in [3.63, 3.8) is 0 Å². The Balaban J connectivity index is 1.65. The van der Waals surface area contributed by atoms with Gasteiger partial charge in [0.15, 0.2) is 5.82 Å². The molecular weight excluding hydrogens is 569 g/mol. The minimum Gasteiger partial charge on any atom is -0.495 e. The second kappa shape index (κ2) is 11.1. The first-order valence-electron chi connectivity index (χ1n) is 11.1. The molecule has 0 amide bonds. The lowest BCUT2D eigenvalue weighted by atomic mass is 10.1. The first-order valence-corrected chi connectivity index (χ1v) is 13.8. The van der Waals surface area contributed by atoms with Gasteiger partial charge in [-0.2, -0.15) is 0 Å². The van der Waals surface area contributed by atoms with Crippen LogP contribution in [-0.4, -0.2) is 31.5 Å². The number of ether oxygens (including phenoxy) is 2. The number of methoxy groups -OCH3 is 1. The third kappa shape index (κ3) is 5.13. The van der Waals surface area contributed by atoms with Crippen LogP contribution < -0.4 is 9.04 Å².